The lowest BCUT2D eigenvalue weighted by Crippen LogP contribution is -2.15. The second kappa shape index (κ2) is 4.42. The molecule has 0 spiro atoms. The molecule has 1 N–H and O–H groups in total. The first-order valence-electron chi connectivity index (χ1n) is 5.72. The molecule has 96 valence electrons. The van der Waals surface area contributed by atoms with Crippen molar-refractivity contribution in [1.29, 1.82) is 0 Å². The van der Waals surface area contributed by atoms with Crippen LogP contribution < -0.4 is 4.90 Å². The molecule has 0 saturated carbocycles. The Morgan fingerprint density at radius 1 is 1.11 bits per heavy atom. The average molecular weight is 247 g/mol. The largest absolute Gasteiger partial charge is 0.418 e. The van der Waals surface area contributed by atoms with Crippen molar-refractivity contribution in [1.82, 2.24) is 10.2 Å². The topological polar surface area (TPSA) is 62.4 Å². The third-order valence-electron chi connectivity index (χ3n) is 2.58. The van der Waals surface area contributed by atoms with E-state index in [1.807, 2.05) is 43.3 Å². The van der Waals surface area contributed by atoms with Crippen molar-refractivity contribution in [2.45, 2.75) is 19.4 Å². The standard InChI is InChI=1S/C13H17N3O2/c1-13(2,17)12-15-14-11(18-12)9-5-7-10(8-6-9)16(3)4/h5-8,17H,1-4H3. The highest BCUT2D eigenvalue weighted by molar-refractivity contribution is 5.58. The second-order valence-corrected chi connectivity index (χ2v) is 4.91. The zero-order chi connectivity index (χ0) is 13.3. The molecule has 0 fully saturated rings. The summed E-state index contributed by atoms with van der Waals surface area (Å²) >= 11 is 0. The molecule has 0 aliphatic carbocycles. The van der Waals surface area contributed by atoms with E-state index in [4.69, 9.17) is 4.42 Å². The van der Waals surface area contributed by atoms with E-state index in [0.717, 1.165) is 11.3 Å². The van der Waals surface area contributed by atoms with Gasteiger partial charge in [0.05, 0.1) is 0 Å². The fourth-order valence-electron chi connectivity index (χ4n) is 1.49. The molecular weight excluding hydrogens is 230 g/mol. The fraction of sp³-hybridized carbons (Fsp3) is 0.385. The Labute approximate surface area is 106 Å². The van der Waals surface area contributed by atoms with Gasteiger partial charge in [-0.25, -0.2) is 0 Å². The second-order valence-electron chi connectivity index (χ2n) is 4.91. The first-order valence-corrected chi connectivity index (χ1v) is 5.72. The van der Waals surface area contributed by atoms with Crippen molar-refractivity contribution in [2.75, 3.05) is 19.0 Å². The van der Waals surface area contributed by atoms with Gasteiger partial charge >= 0.3 is 0 Å². The predicted octanol–water partition coefficient (Wildman–Crippen LogP) is 2.03. The third-order valence-corrected chi connectivity index (χ3v) is 2.58. The summed E-state index contributed by atoms with van der Waals surface area (Å²) in [5.74, 6) is 0.631. The molecule has 18 heavy (non-hydrogen) atoms. The monoisotopic (exact) mass is 247 g/mol. The third kappa shape index (κ3) is 2.51. The van der Waals surface area contributed by atoms with E-state index in [1.165, 1.54) is 0 Å². The lowest BCUT2D eigenvalue weighted by Gasteiger charge is -2.12. The van der Waals surface area contributed by atoms with Gasteiger partial charge in [-0.2, -0.15) is 0 Å². The van der Waals surface area contributed by atoms with Gasteiger partial charge in [-0.1, -0.05) is 0 Å². The van der Waals surface area contributed by atoms with Crippen LogP contribution in [0.25, 0.3) is 11.5 Å². The van der Waals surface area contributed by atoms with Crippen molar-refractivity contribution in [2.24, 2.45) is 0 Å². The zero-order valence-corrected chi connectivity index (χ0v) is 11.0. The van der Waals surface area contributed by atoms with Crippen molar-refractivity contribution < 1.29 is 9.52 Å². The Kier molecular flexibility index (Phi) is 3.09. The van der Waals surface area contributed by atoms with E-state index in [9.17, 15) is 5.11 Å². The Bertz CT molecular complexity index is 524. The van der Waals surface area contributed by atoms with Gasteiger partial charge < -0.3 is 14.4 Å². The van der Waals surface area contributed by atoms with Gasteiger partial charge in [-0.15, -0.1) is 10.2 Å². The Balaban J connectivity index is 2.29. The molecule has 0 bridgehead atoms. The molecular formula is C13H17N3O2. The number of hydrogen-bond acceptors (Lipinski definition) is 5. The molecule has 5 nitrogen and oxygen atoms in total. The van der Waals surface area contributed by atoms with Crippen LogP contribution in [0.1, 0.15) is 19.7 Å². The van der Waals surface area contributed by atoms with E-state index in [0.29, 0.717) is 5.89 Å². The minimum atomic E-state index is -1.12. The molecule has 1 heterocycles. The van der Waals surface area contributed by atoms with Gasteiger partial charge in [0.2, 0.25) is 11.8 Å². The van der Waals surface area contributed by atoms with Crippen LogP contribution in [0.5, 0.6) is 0 Å². The lowest BCUT2D eigenvalue weighted by molar-refractivity contribution is 0.0488. The number of anilines is 1. The molecule has 0 saturated heterocycles. The number of nitrogens with zero attached hydrogens (tertiary/aromatic N) is 3. The van der Waals surface area contributed by atoms with Crippen LogP contribution in [0.3, 0.4) is 0 Å². The summed E-state index contributed by atoms with van der Waals surface area (Å²) in [6.07, 6.45) is 0. The van der Waals surface area contributed by atoms with Gasteiger partial charge in [0.1, 0.15) is 5.60 Å². The average Bonchev–Trinajstić information content (AvgIpc) is 2.78. The normalized spacial score (nSPS) is 11.6. The highest BCUT2D eigenvalue weighted by atomic mass is 16.4. The van der Waals surface area contributed by atoms with Gasteiger partial charge in [-0.05, 0) is 38.1 Å². The fourth-order valence-corrected chi connectivity index (χ4v) is 1.49. The minimum Gasteiger partial charge on any atom is -0.418 e. The maximum atomic E-state index is 9.76. The Morgan fingerprint density at radius 2 is 1.72 bits per heavy atom. The summed E-state index contributed by atoms with van der Waals surface area (Å²) in [6, 6.07) is 7.78. The number of aromatic nitrogens is 2. The molecule has 0 atom stereocenters. The summed E-state index contributed by atoms with van der Waals surface area (Å²) < 4.78 is 5.45. The molecule has 5 heteroatoms. The number of aliphatic hydroxyl groups is 1. The van der Waals surface area contributed by atoms with Crippen LogP contribution in [-0.4, -0.2) is 29.4 Å². The van der Waals surface area contributed by atoms with Crippen LogP contribution in [0, 0.1) is 0 Å². The molecule has 2 rings (SSSR count). The summed E-state index contributed by atoms with van der Waals surface area (Å²) in [7, 11) is 3.96. The van der Waals surface area contributed by atoms with E-state index in [2.05, 4.69) is 10.2 Å². The summed E-state index contributed by atoms with van der Waals surface area (Å²) in [6.45, 7) is 3.22. The molecule has 1 aromatic heterocycles. The van der Waals surface area contributed by atoms with Crippen LogP contribution in [0.4, 0.5) is 5.69 Å². The molecule has 0 aliphatic heterocycles. The summed E-state index contributed by atoms with van der Waals surface area (Å²) in [5.41, 5.74) is 0.819. The van der Waals surface area contributed by atoms with E-state index >= 15 is 0 Å². The lowest BCUT2D eigenvalue weighted by atomic mass is 10.1. The number of rotatable bonds is 3. The van der Waals surface area contributed by atoms with Gasteiger partial charge in [0.25, 0.3) is 0 Å². The van der Waals surface area contributed by atoms with Gasteiger partial charge in [0, 0.05) is 25.3 Å². The first kappa shape index (κ1) is 12.6. The molecule has 0 amide bonds. The summed E-state index contributed by atoms with van der Waals surface area (Å²) in [5, 5.41) is 17.5. The van der Waals surface area contributed by atoms with E-state index in [1.54, 1.807) is 13.8 Å². The SMILES string of the molecule is CN(C)c1ccc(-c2nnc(C(C)(C)O)o2)cc1. The Hall–Kier alpha value is -1.88. The molecule has 2 aromatic rings. The van der Waals surface area contributed by atoms with Crippen LogP contribution in [-0.2, 0) is 5.60 Å². The van der Waals surface area contributed by atoms with Gasteiger partial charge in [-0.3, -0.25) is 0 Å². The smallest absolute Gasteiger partial charge is 0.247 e. The number of hydrogen-bond donors (Lipinski definition) is 1. The molecule has 0 radical (unpaired) electrons. The predicted molar refractivity (Wildman–Crippen MR) is 69.3 cm³/mol. The van der Waals surface area contributed by atoms with Gasteiger partial charge in [0.15, 0.2) is 0 Å². The quantitative estimate of drug-likeness (QED) is 0.899. The highest BCUT2D eigenvalue weighted by Gasteiger charge is 2.24. The van der Waals surface area contributed by atoms with Crippen molar-refractivity contribution >= 4 is 5.69 Å². The van der Waals surface area contributed by atoms with E-state index in [-0.39, 0.29) is 5.89 Å². The van der Waals surface area contributed by atoms with Crippen molar-refractivity contribution in [3.8, 4) is 11.5 Å². The number of benzene rings is 1. The van der Waals surface area contributed by atoms with Crippen LogP contribution in [0.15, 0.2) is 28.7 Å². The zero-order valence-electron chi connectivity index (χ0n) is 11.0. The molecule has 0 unspecified atom stereocenters. The highest BCUT2D eigenvalue weighted by Crippen LogP contribution is 2.25. The van der Waals surface area contributed by atoms with E-state index < -0.39 is 5.60 Å². The van der Waals surface area contributed by atoms with Crippen molar-refractivity contribution in [3.05, 3.63) is 30.2 Å². The Morgan fingerprint density at radius 3 is 2.17 bits per heavy atom. The summed E-state index contributed by atoms with van der Waals surface area (Å²) in [4.78, 5) is 2.01. The minimum absolute atomic E-state index is 0.217. The first-order chi connectivity index (χ1) is 8.38. The van der Waals surface area contributed by atoms with Crippen molar-refractivity contribution in [3.63, 3.8) is 0 Å². The maximum Gasteiger partial charge on any atom is 0.247 e. The molecule has 0 aliphatic rings. The van der Waals surface area contributed by atoms with Crippen LogP contribution >= 0.6 is 0 Å². The van der Waals surface area contributed by atoms with Crippen LogP contribution in [0.2, 0.25) is 0 Å². The maximum absolute atomic E-state index is 9.76. The molecule has 1 aromatic carbocycles.